The van der Waals surface area contributed by atoms with E-state index in [1.54, 1.807) is 36.8 Å². The predicted octanol–water partition coefficient (Wildman–Crippen LogP) is 3.55. The van der Waals surface area contributed by atoms with E-state index in [0.29, 0.717) is 5.82 Å². The molecule has 0 aliphatic rings. The van der Waals surface area contributed by atoms with E-state index in [2.05, 4.69) is 20.2 Å². The molecule has 26 heavy (non-hydrogen) atoms. The lowest BCUT2D eigenvalue weighted by molar-refractivity contribution is 0.102. The number of benzene rings is 1. The number of carbonyl (C=O) groups is 1. The molecule has 1 aromatic carbocycles. The first kappa shape index (κ1) is 17.5. The highest BCUT2D eigenvalue weighted by Gasteiger charge is 2.11. The molecule has 3 aromatic rings. The van der Waals surface area contributed by atoms with Crippen molar-refractivity contribution in [3.8, 4) is 0 Å². The van der Waals surface area contributed by atoms with Gasteiger partial charge in [0.2, 0.25) is 0 Å². The van der Waals surface area contributed by atoms with Crippen molar-refractivity contribution in [2.24, 2.45) is 0 Å². The third-order valence-electron chi connectivity index (χ3n) is 4.03. The lowest BCUT2D eigenvalue weighted by Gasteiger charge is -2.19. The fourth-order valence-electron chi connectivity index (χ4n) is 2.49. The van der Waals surface area contributed by atoms with Crippen molar-refractivity contribution in [3.63, 3.8) is 0 Å². The van der Waals surface area contributed by atoms with Crippen LogP contribution in [0.1, 0.15) is 15.9 Å². The van der Waals surface area contributed by atoms with Crippen LogP contribution in [0.4, 0.5) is 15.9 Å². The maximum absolute atomic E-state index is 13.6. The summed E-state index contributed by atoms with van der Waals surface area (Å²) in [6.45, 7) is 0.826. The summed E-state index contributed by atoms with van der Waals surface area (Å²) in [5, 5.41) is 2.61. The van der Waals surface area contributed by atoms with Crippen molar-refractivity contribution in [2.75, 3.05) is 23.8 Å². The Hall–Kier alpha value is -3.28. The van der Waals surface area contributed by atoms with Gasteiger partial charge in [-0.05, 0) is 48.4 Å². The third kappa shape index (κ3) is 4.42. The molecule has 132 valence electrons. The van der Waals surface area contributed by atoms with Crippen LogP contribution in [-0.4, -0.2) is 29.5 Å². The average Bonchev–Trinajstić information content (AvgIpc) is 2.68. The molecule has 3 rings (SSSR count). The van der Waals surface area contributed by atoms with Crippen molar-refractivity contribution in [1.82, 2.24) is 9.97 Å². The quantitative estimate of drug-likeness (QED) is 0.739. The molecular weight excluding hydrogens is 331 g/mol. The van der Waals surface area contributed by atoms with Crippen molar-refractivity contribution < 1.29 is 9.18 Å². The summed E-state index contributed by atoms with van der Waals surface area (Å²) in [6, 6.07) is 13.4. The van der Waals surface area contributed by atoms with E-state index in [1.807, 2.05) is 25.2 Å². The number of hydrogen-bond donors (Lipinski definition) is 1. The van der Waals surface area contributed by atoms with Gasteiger partial charge in [0, 0.05) is 26.0 Å². The number of anilines is 2. The van der Waals surface area contributed by atoms with E-state index in [0.717, 1.165) is 18.7 Å². The molecule has 0 saturated heterocycles. The molecule has 0 aliphatic heterocycles. The zero-order valence-corrected chi connectivity index (χ0v) is 14.4. The Morgan fingerprint density at radius 1 is 1.12 bits per heavy atom. The summed E-state index contributed by atoms with van der Waals surface area (Å²) in [4.78, 5) is 22.4. The summed E-state index contributed by atoms with van der Waals surface area (Å²) >= 11 is 0. The van der Waals surface area contributed by atoms with Crippen LogP contribution in [0.25, 0.3) is 0 Å². The molecule has 1 N–H and O–H groups in total. The highest BCUT2D eigenvalue weighted by molar-refractivity contribution is 6.03. The van der Waals surface area contributed by atoms with E-state index in [-0.39, 0.29) is 5.56 Å². The Morgan fingerprint density at radius 2 is 1.88 bits per heavy atom. The van der Waals surface area contributed by atoms with Gasteiger partial charge < -0.3 is 10.2 Å². The zero-order chi connectivity index (χ0) is 18.4. The van der Waals surface area contributed by atoms with Gasteiger partial charge in [-0.2, -0.15) is 0 Å². The summed E-state index contributed by atoms with van der Waals surface area (Å²) in [5.74, 6) is -0.698. The molecule has 2 heterocycles. The van der Waals surface area contributed by atoms with Crippen molar-refractivity contribution >= 4 is 17.4 Å². The van der Waals surface area contributed by atoms with E-state index in [9.17, 15) is 9.18 Å². The van der Waals surface area contributed by atoms with E-state index >= 15 is 0 Å². The molecule has 6 heteroatoms. The Morgan fingerprint density at radius 3 is 2.58 bits per heavy atom. The first-order valence-corrected chi connectivity index (χ1v) is 8.25. The molecule has 2 aromatic heterocycles. The maximum atomic E-state index is 13.6. The Labute approximate surface area is 151 Å². The number of pyridine rings is 2. The van der Waals surface area contributed by atoms with Crippen LogP contribution in [0.15, 0.2) is 67.1 Å². The van der Waals surface area contributed by atoms with Crippen LogP contribution in [0.2, 0.25) is 0 Å². The van der Waals surface area contributed by atoms with Crippen molar-refractivity contribution in [2.45, 2.75) is 6.42 Å². The molecule has 0 aliphatic carbocycles. The number of likely N-dealkylation sites (N-methyl/N-ethyl adjacent to an activating group) is 1. The minimum atomic E-state index is -0.558. The highest BCUT2D eigenvalue weighted by Crippen LogP contribution is 2.16. The Balaban J connectivity index is 1.59. The van der Waals surface area contributed by atoms with Crippen LogP contribution in [0.3, 0.4) is 0 Å². The number of nitrogens with zero attached hydrogens (tertiary/aromatic N) is 3. The molecule has 1 amide bonds. The van der Waals surface area contributed by atoms with E-state index in [4.69, 9.17) is 0 Å². The van der Waals surface area contributed by atoms with Gasteiger partial charge in [-0.25, -0.2) is 9.37 Å². The second kappa shape index (κ2) is 8.20. The number of hydrogen-bond acceptors (Lipinski definition) is 4. The number of carbonyl (C=O) groups excluding carboxylic acids is 1. The number of nitrogens with one attached hydrogen (secondary N) is 1. The fraction of sp³-hybridized carbons (Fsp3) is 0.150. The van der Waals surface area contributed by atoms with Gasteiger partial charge in [0.1, 0.15) is 11.6 Å². The summed E-state index contributed by atoms with van der Waals surface area (Å²) in [7, 11) is 1.98. The number of halogens is 1. The molecule has 5 nitrogen and oxygen atoms in total. The lowest BCUT2D eigenvalue weighted by atomic mass is 10.2. The number of aromatic nitrogens is 2. The van der Waals surface area contributed by atoms with Gasteiger partial charge in [0.05, 0.1) is 17.4 Å². The molecule has 0 unspecified atom stereocenters. The molecule has 0 spiro atoms. The van der Waals surface area contributed by atoms with Crippen molar-refractivity contribution in [3.05, 3.63) is 84.1 Å². The van der Waals surface area contributed by atoms with Gasteiger partial charge in [0.25, 0.3) is 5.91 Å². The molecule has 0 radical (unpaired) electrons. The molecule has 0 atom stereocenters. The summed E-state index contributed by atoms with van der Waals surface area (Å²) in [6.07, 6.45) is 6.14. The predicted molar refractivity (Wildman–Crippen MR) is 99.8 cm³/mol. The van der Waals surface area contributed by atoms with Crippen molar-refractivity contribution in [1.29, 1.82) is 0 Å². The third-order valence-corrected chi connectivity index (χ3v) is 4.03. The second-order valence-electron chi connectivity index (χ2n) is 5.86. The van der Waals surface area contributed by atoms with Crippen LogP contribution in [0, 0.1) is 5.82 Å². The highest BCUT2D eigenvalue weighted by atomic mass is 19.1. The zero-order valence-electron chi connectivity index (χ0n) is 14.4. The molecule has 0 fully saturated rings. The lowest BCUT2D eigenvalue weighted by Crippen LogP contribution is -2.20. The fourth-order valence-corrected chi connectivity index (χ4v) is 2.49. The minimum absolute atomic E-state index is 0.00662. The first-order valence-electron chi connectivity index (χ1n) is 8.25. The summed E-state index contributed by atoms with van der Waals surface area (Å²) in [5.41, 5.74) is 2.14. The van der Waals surface area contributed by atoms with Gasteiger partial charge in [-0.3, -0.25) is 9.78 Å². The van der Waals surface area contributed by atoms with Crippen LogP contribution < -0.4 is 10.2 Å². The largest absolute Gasteiger partial charge is 0.373 e. The summed E-state index contributed by atoms with van der Waals surface area (Å²) < 4.78 is 13.6. The normalized spacial score (nSPS) is 10.4. The standard InChI is InChI=1S/C20H19FN4O/c1-25(13-10-15-8-11-22-12-9-15)16-6-7-19(23-14-16)24-20(26)17-4-2-3-5-18(17)21/h2-9,11-12,14H,10,13H2,1H3,(H,23,24,26). The van der Waals surface area contributed by atoms with Crippen LogP contribution >= 0.6 is 0 Å². The molecule has 0 bridgehead atoms. The van der Waals surface area contributed by atoms with Crippen LogP contribution in [0.5, 0.6) is 0 Å². The topological polar surface area (TPSA) is 58.1 Å². The van der Waals surface area contributed by atoms with Gasteiger partial charge in [-0.15, -0.1) is 0 Å². The monoisotopic (exact) mass is 350 g/mol. The van der Waals surface area contributed by atoms with E-state index in [1.165, 1.54) is 17.7 Å². The smallest absolute Gasteiger partial charge is 0.259 e. The van der Waals surface area contributed by atoms with Gasteiger partial charge in [0.15, 0.2) is 0 Å². The Bertz CT molecular complexity index is 868. The molecule has 0 saturated carbocycles. The SMILES string of the molecule is CN(CCc1ccncc1)c1ccc(NC(=O)c2ccccc2F)nc1. The number of rotatable bonds is 6. The molecular formula is C20H19FN4O. The Kier molecular flexibility index (Phi) is 5.53. The average molecular weight is 350 g/mol. The first-order chi connectivity index (χ1) is 12.6. The maximum Gasteiger partial charge on any atom is 0.259 e. The number of amides is 1. The second-order valence-corrected chi connectivity index (χ2v) is 5.86. The van der Waals surface area contributed by atoms with Gasteiger partial charge in [-0.1, -0.05) is 12.1 Å². The van der Waals surface area contributed by atoms with Gasteiger partial charge >= 0.3 is 0 Å². The minimum Gasteiger partial charge on any atom is -0.373 e. The van der Waals surface area contributed by atoms with E-state index < -0.39 is 11.7 Å². The van der Waals surface area contributed by atoms with Crippen LogP contribution in [-0.2, 0) is 6.42 Å².